The average molecular weight is 448 g/mol. The Bertz CT molecular complexity index is 1090. The van der Waals surface area contributed by atoms with Gasteiger partial charge >= 0.3 is 0 Å². The van der Waals surface area contributed by atoms with E-state index in [4.69, 9.17) is 4.74 Å². The summed E-state index contributed by atoms with van der Waals surface area (Å²) in [6.07, 6.45) is 3.46. The third-order valence-corrected chi connectivity index (χ3v) is 5.81. The molecule has 2 N–H and O–H groups in total. The maximum Gasteiger partial charge on any atom is 0.262 e. The van der Waals surface area contributed by atoms with Crippen molar-refractivity contribution in [2.24, 2.45) is 7.05 Å². The van der Waals surface area contributed by atoms with Crippen molar-refractivity contribution >= 4 is 17.5 Å². The number of amides is 2. The lowest BCUT2D eigenvalue weighted by Crippen LogP contribution is -2.44. The minimum atomic E-state index is -0.320. The molecule has 4 rings (SSSR count). The highest BCUT2D eigenvalue weighted by atomic mass is 16.5. The smallest absolute Gasteiger partial charge is 0.262 e. The summed E-state index contributed by atoms with van der Waals surface area (Å²) in [6, 6.07) is 17.5. The molecule has 0 radical (unpaired) electrons. The van der Waals surface area contributed by atoms with Crippen LogP contribution in [0.3, 0.4) is 0 Å². The number of nitrogens with zero attached hydrogens (tertiary/aromatic N) is 3. The lowest BCUT2D eigenvalue weighted by Gasteiger charge is -2.32. The first kappa shape index (κ1) is 22.5. The highest BCUT2D eigenvalue weighted by Crippen LogP contribution is 2.18. The molecule has 1 aliphatic heterocycles. The van der Waals surface area contributed by atoms with E-state index in [0.717, 1.165) is 32.5 Å². The number of aryl methyl sites for hydroxylation is 1. The van der Waals surface area contributed by atoms with Gasteiger partial charge in [0, 0.05) is 50.2 Å². The molecule has 0 aliphatic carbocycles. The summed E-state index contributed by atoms with van der Waals surface area (Å²) in [5.41, 5.74) is 2.82. The van der Waals surface area contributed by atoms with Crippen LogP contribution < -0.4 is 15.4 Å². The van der Waals surface area contributed by atoms with E-state index in [0.29, 0.717) is 16.8 Å². The maximum absolute atomic E-state index is 12.7. The van der Waals surface area contributed by atoms with Crippen LogP contribution in [0.15, 0.2) is 60.8 Å². The predicted molar refractivity (Wildman–Crippen MR) is 126 cm³/mol. The minimum absolute atomic E-state index is 0.0942. The molecule has 33 heavy (non-hydrogen) atoms. The molecule has 2 heterocycles. The third-order valence-electron chi connectivity index (χ3n) is 5.81. The largest absolute Gasteiger partial charge is 0.479 e. The van der Waals surface area contributed by atoms with Crippen molar-refractivity contribution in [1.82, 2.24) is 20.0 Å². The summed E-state index contributed by atoms with van der Waals surface area (Å²) in [4.78, 5) is 27.6. The Hall–Kier alpha value is -3.65. The van der Waals surface area contributed by atoms with Gasteiger partial charge in [0.2, 0.25) is 5.88 Å². The minimum Gasteiger partial charge on any atom is -0.479 e. The van der Waals surface area contributed by atoms with Gasteiger partial charge in [-0.05, 0) is 42.7 Å². The number of rotatable bonds is 7. The van der Waals surface area contributed by atoms with Gasteiger partial charge in [-0.1, -0.05) is 30.3 Å². The predicted octanol–water partition coefficient (Wildman–Crippen LogP) is 3.08. The van der Waals surface area contributed by atoms with Crippen LogP contribution in [0.5, 0.6) is 5.88 Å². The van der Waals surface area contributed by atoms with Gasteiger partial charge in [0.05, 0.1) is 7.11 Å². The number of hydrogen-bond donors (Lipinski definition) is 2. The lowest BCUT2D eigenvalue weighted by atomic mass is 10.0. The molecule has 8 heteroatoms. The Kier molecular flexibility index (Phi) is 7.04. The van der Waals surface area contributed by atoms with Crippen LogP contribution in [0.25, 0.3) is 0 Å². The third kappa shape index (κ3) is 5.78. The summed E-state index contributed by atoms with van der Waals surface area (Å²) in [7, 11) is 3.19. The number of nitrogens with one attached hydrogen (secondary N) is 2. The molecule has 0 bridgehead atoms. The van der Waals surface area contributed by atoms with Gasteiger partial charge < -0.3 is 15.4 Å². The van der Waals surface area contributed by atoms with Gasteiger partial charge in [0.15, 0.2) is 0 Å². The molecule has 8 nitrogen and oxygen atoms in total. The molecular weight excluding hydrogens is 418 g/mol. The number of ether oxygens (including phenoxy) is 1. The van der Waals surface area contributed by atoms with E-state index in [9.17, 15) is 9.59 Å². The summed E-state index contributed by atoms with van der Waals surface area (Å²) in [5.74, 6) is -0.149. The normalized spacial score (nSPS) is 14.6. The van der Waals surface area contributed by atoms with Gasteiger partial charge in [0.25, 0.3) is 11.8 Å². The number of hydrogen-bond acceptors (Lipinski definition) is 5. The van der Waals surface area contributed by atoms with Gasteiger partial charge in [-0.15, -0.1) is 5.10 Å². The molecular formula is C25H29N5O3. The monoisotopic (exact) mass is 447 g/mol. The number of benzene rings is 2. The van der Waals surface area contributed by atoms with E-state index in [-0.39, 0.29) is 23.7 Å². The fraction of sp³-hybridized carbons (Fsp3) is 0.320. The van der Waals surface area contributed by atoms with Crippen molar-refractivity contribution in [2.45, 2.75) is 25.4 Å². The molecule has 3 aromatic rings. The van der Waals surface area contributed by atoms with E-state index in [1.165, 1.54) is 17.4 Å². The first-order chi connectivity index (χ1) is 16.0. The number of carbonyl (C=O) groups excluding carboxylic acids is 2. The average Bonchev–Trinajstić information content (AvgIpc) is 3.22. The Morgan fingerprint density at radius 1 is 1.03 bits per heavy atom. The molecule has 0 atom stereocenters. The van der Waals surface area contributed by atoms with Crippen molar-refractivity contribution in [2.75, 3.05) is 25.5 Å². The molecule has 2 amide bonds. The van der Waals surface area contributed by atoms with Gasteiger partial charge in [-0.2, -0.15) is 0 Å². The molecule has 172 valence electrons. The zero-order valence-corrected chi connectivity index (χ0v) is 19.0. The molecule has 0 unspecified atom stereocenters. The Morgan fingerprint density at radius 3 is 2.39 bits per heavy atom. The molecule has 1 saturated heterocycles. The standard InChI is InChI=1S/C25H29N5O3/c1-29-17-22(25(28-29)33-2)24(32)27-20-10-8-19(9-11-20)23(31)26-21-12-14-30(15-13-21)16-18-6-4-3-5-7-18/h3-11,17,21H,12-16H2,1-2H3,(H,26,31)(H,27,32). The van der Waals surface area contributed by atoms with Crippen LogP contribution in [-0.4, -0.2) is 52.7 Å². The van der Waals surface area contributed by atoms with Gasteiger partial charge in [-0.25, -0.2) is 0 Å². The van der Waals surface area contributed by atoms with Crippen LogP contribution in [-0.2, 0) is 13.6 Å². The van der Waals surface area contributed by atoms with Crippen LogP contribution >= 0.6 is 0 Å². The molecule has 1 aliphatic rings. The number of carbonyl (C=O) groups is 2. The second-order valence-electron chi connectivity index (χ2n) is 8.27. The molecule has 2 aromatic carbocycles. The van der Waals surface area contributed by atoms with Crippen LogP contribution in [0, 0.1) is 0 Å². The molecule has 1 aromatic heterocycles. The molecule has 0 spiro atoms. The summed E-state index contributed by atoms with van der Waals surface area (Å²) in [6.45, 7) is 2.87. The number of likely N-dealkylation sites (tertiary alicyclic amines) is 1. The first-order valence-electron chi connectivity index (χ1n) is 11.1. The van der Waals surface area contributed by atoms with Crippen LogP contribution in [0.4, 0.5) is 5.69 Å². The van der Waals surface area contributed by atoms with Crippen molar-refractivity contribution < 1.29 is 14.3 Å². The summed E-state index contributed by atoms with van der Waals surface area (Å²) >= 11 is 0. The first-order valence-corrected chi connectivity index (χ1v) is 11.1. The summed E-state index contributed by atoms with van der Waals surface area (Å²) < 4.78 is 6.66. The van der Waals surface area contributed by atoms with Crippen molar-refractivity contribution in [3.05, 3.63) is 77.5 Å². The van der Waals surface area contributed by atoms with Crippen molar-refractivity contribution in [3.8, 4) is 5.88 Å². The van der Waals surface area contributed by atoms with Crippen LogP contribution in [0.2, 0.25) is 0 Å². The zero-order valence-electron chi connectivity index (χ0n) is 19.0. The van der Waals surface area contributed by atoms with E-state index in [1.54, 1.807) is 37.5 Å². The number of piperidine rings is 1. The maximum atomic E-state index is 12.7. The summed E-state index contributed by atoms with van der Waals surface area (Å²) in [5, 5.41) is 10.0. The van der Waals surface area contributed by atoms with E-state index >= 15 is 0 Å². The van der Waals surface area contributed by atoms with E-state index < -0.39 is 0 Å². The number of aromatic nitrogens is 2. The zero-order chi connectivity index (χ0) is 23.2. The van der Waals surface area contributed by atoms with Gasteiger partial charge in [0.1, 0.15) is 5.56 Å². The van der Waals surface area contributed by atoms with E-state index in [2.05, 4.69) is 44.9 Å². The van der Waals surface area contributed by atoms with Crippen molar-refractivity contribution in [1.29, 1.82) is 0 Å². The Labute approximate surface area is 193 Å². The van der Waals surface area contributed by atoms with Crippen LogP contribution in [0.1, 0.15) is 39.1 Å². The SMILES string of the molecule is COc1nn(C)cc1C(=O)Nc1ccc(C(=O)NC2CCN(Cc3ccccc3)CC2)cc1. The quantitative estimate of drug-likeness (QED) is 0.581. The molecule has 1 fully saturated rings. The lowest BCUT2D eigenvalue weighted by molar-refractivity contribution is 0.0908. The highest BCUT2D eigenvalue weighted by molar-refractivity contribution is 6.06. The number of methoxy groups -OCH3 is 1. The fourth-order valence-corrected chi connectivity index (χ4v) is 4.02. The van der Waals surface area contributed by atoms with Crippen molar-refractivity contribution in [3.63, 3.8) is 0 Å². The van der Waals surface area contributed by atoms with E-state index in [1.807, 2.05) is 6.07 Å². The Morgan fingerprint density at radius 2 is 1.73 bits per heavy atom. The molecule has 0 saturated carbocycles. The Balaban J connectivity index is 1.27. The number of anilines is 1. The second-order valence-corrected chi connectivity index (χ2v) is 8.27. The second kappa shape index (κ2) is 10.3. The topological polar surface area (TPSA) is 88.5 Å². The fourth-order valence-electron chi connectivity index (χ4n) is 4.02. The highest BCUT2D eigenvalue weighted by Gasteiger charge is 2.21. The van der Waals surface area contributed by atoms with Gasteiger partial charge in [-0.3, -0.25) is 19.2 Å².